The van der Waals surface area contributed by atoms with E-state index < -0.39 is 5.82 Å². The molecule has 0 aliphatic rings. The lowest BCUT2D eigenvalue weighted by atomic mass is 10.1. The SMILES string of the molecule is CCC(CC#N)Nc1cccc(F)c1C#N. The van der Waals surface area contributed by atoms with E-state index in [2.05, 4.69) is 11.4 Å². The van der Waals surface area contributed by atoms with Gasteiger partial charge in [0.15, 0.2) is 0 Å². The van der Waals surface area contributed by atoms with Crippen LogP contribution in [0.2, 0.25) is 0 Å². The van der Waals surface area contributed by atoms with Crippen molar-refractivity contribution in [1.29, 1.82) is 10.5 Å². The molecule has 1 aromatic rings. The molecule has 0 heterocycles. The molecule has 0 aromatic heterocycles. The van der Waals surface area contributed by atoms with Crippen LogP contribution in [-0.4, -0.2) is 6.04 Å². The van der Waals surface area contributed by atoms with Gasteiger partial charge in [0.2, 0.25) is 0 Å². The standard InChI is InChI=1S/C12H12FN3/c1-2-9(6-7-14)16-12-5-3-4-11(13)10(12)8-15/h3-5,9,16H,2,6H2,1H3. The van der Waals surface area contributed by atoms with Crippen molar-refractivity contribution in [3.8, 4) is 12.1 Å². The molecule has 0 amide bonds. The number of nitrogens with one attached hydrogen (secondary N) is 1. The Morgan fingerprint density at radius 2 is 2.19 bits per heavy atom. The first-order valence-electron chi connectivity index (χ1n) is 5.05. The minimum Gasteiger partial charge on any atom is -0.380 e. The van der Waals surface area contributed by atoms with E-state index in [-0.39, 0.29) is 11.6 Å². The van der Waals surface area contributed by atoms with Gasteiger partial charge in [-0.2, -0.15) is 10.5 Å². The Balaban J connectivity index is 2.93. The molecule has 82 valence electrons. The number of nitriles is 2. The Hall–Kier alpha value is -2.07. The number of benzene rings is 1. The molecule has 1 rings (SSSR count). The Kier molecular flexibility index (Phi) is 4.29. The van der Waals surface area contributed by atoms with E-state index in [4.69, 9.17) is 10.5 Å². The van der Waals surface area contributed by atoms with Crippen LogP contribution in [0.25, 0.3) is 0 Å². The first-order valence-corrected chi connectivity index (χ1v) is 5.05. The van der Waals surface area contributed by atoms with Crippen molar-refractivity contribution in [1.82, 2.24) is 0 Å². The third-order valence-electron chi connectivity index (χ3n) is 2.32. The van der Waals surface area contributed by atoms with E-state index >= 15 is 0 Å². The second-order valence-corrected chi connectivity index (χ2v) is 3.39. The van der Waals surface area contributed by atoms with E-state index in [1.807, 2.05) is 13.0 Å². The maximum absolute atomic E-state index is 13.3. The summed E-state index contributed by atoms with van der Waals surface area (Å²) < 4.78 is 13.3. The van der Waals surface area contributed by atoms with Gasteiger partial charge in [-0.05, 0) is 18.6 Å². The summed E-state index contributed by atoms with van der Waals surface area (Å²) in [5.74, 6) is -0.542. The molecule has 0 saturated carbocycles. The molecule has 0 fully saturated rings. The van der Waals surface area contributed by atoms with E-state index in [0.717, 1.165) is 6.42 Å². The molecule has 0 aliphatic heterocycles. The predicted molar refractivity (Wildman–Crippen MR) is 59.0 cm³/mol. The van der Waals surface area contributed by atoms with Crippen LogP contribution < -0.4 is 5.32 Å². The molecule has 0 aliphatic carbocycles. The largest absolute Gasteiger partial charge is 0.380 e. The second kappa shape index (κ2) is 5.72. The molecule has 1 aromatic carbocycles. The lowest BCUT2D eigenvalue weighted by Gasteiger charge is -2.16. The summed E-state index contributed by atoms with van der Waals surface area (Å²) in [7, 11) is 0. The molecule has 0 spiro atoms. The first kappa shape index (κ1) is 12.0. The molecule has 1 unspecified atom stereocenters. The van der Waals surface area contributed by atoms with Gasteiger partial charge in [0, 0.05) is 6.04 Å². The van der Waals surface area contributed by atoms with Crippen LogP contribution in [0.5, 0.6) is 0 Å². The second-order valence-electron chi connectivity index (χ2n) is 3.39. The van der Waals surface area contributed by atoms with E-state index in [1.54, 1.807) is 6.07 Å². The summed E-state index contributed by atoms with van der Waals surface area (Å²) in [6.45, 7) is 1.93. The highest BCUT2D eigenvalue weighted by Gasteiger charge is 2.11. The average molecular weight is 217 g/mol. The van der Waals surface area contributed by atoms with Crippen LogP contribution in [-0.2, 0) is 0 Å². The fourth-order valence-corrected chi connectivity index (χ4v) is 1.39. The van der Waals surface area contributed by atoms with Gasteiger partial charge in [0.05, 0.1) is 18.2 Å². The summed E-state index contributed by atoms with van der Waals surface area (Å²) in [6, 6.07) is 8.24. The zero-order valence-electron chi connectivity index (χ0n) is 9.00. The van der Waals surface area contributed by atoms with Crippen molar-refractivity contribution in [2.45, 2.75) is 25.8 Å². The lowest BCUT2D eigenvalue weighted by molar-refractivity contribution is 0.623. The fourth-order valence-electron chi connectivity index (χ4n) is 1.39. The number of nitrogens with zero attached hydrogens (tertiary/aromatic N) is 2. The van der Waals surface area contributed by atoms with Crippen LogP contribution in [0.15, 0.2) is 18.2 Å². The molecule has 0 bridgehead atoms. The molecular formula is C12H12FN3. The number of hydrogen-bond donors (Lipinski definition) is 1. The molecule has 3 nitrogen and oxygen atoms in total. The first-order chi connectivity index (χ1) is 7.72. The number of anilines is 1. The number of rotatable bonds is 4. The lowest BCUT2D eigenvalue weighted by Crippen LogP contribution is -2.18. The third-order valence-corrected chi connectivity index (χ3v) is 2.32. The normalized spacial score (nSPS) is 11.2. The molecule has 4 heteroatoms. The van der Waals surface area contributed by atoms with Crippen LogP contribution in [0.3, 0.4) is 0 Å². The minimum absolute atomic E-state index is 0.00103. The van der Waals surface area contributed by atoms with Crippen LogP contribution >= 0.6 is 0 Å². The Morgan fingerprint density at radius 3 is 2.75 bits per heavy atom. The van der Waals surface area contributed by atoms with Crippen molar-refractivity contribution in [3.63, 3.8) is 0 Å². The van der Waals surface area contributed by atoms with Crippen molar-refractivity contribution >= 4 is 5.69 Å². The topological polar surface area (TPSA) is 59.6 Å². The Labute approximate surface area is 94.1 Å². The quantitative estimate of drug-likeness (QED) is 0.843. The maximum Gasteiger partial charge on any atom is 0.143 e. The van der Waals surface area contributed by atoms with Gasteiger partial charge in [-0.3, -0.25) is 0 Å². The van der Waals surface area contributed by atoms with Crippen LogP contribution in [0, 0.1) is 28.5 Å². The molecule has 16 heavy (non-hydrogen) atoms. The fraction of sp³-hybridized carbons (Fsp3) is 0.333. The highest BCUT2D eigenvalue weighted by molar-refractivity contribution is 5.58. The average Bonchev–Trinajstić information content (AvgIpc) is 2.28. The molecule has 1 atom stereocenters. The third kappa shape index (κ3) is 2.71. The van der Waals surface area contributed by atoms with Crippen molar-refractivity contribution < 1.29 is 4.39 Å². The molecule has 0 saturated heterocycles. The van der Waals surface area contributed by atoms with Gasteiger partial charge in [0.1, 0.15) is 17.4 Å². The minimum atomic E-state index is -0.542. The highest BCUT2D eigenvalue weighted by atomic mass is 19.1. The van der Waals surface area contributed by atoms with Crippen LogP contribution in [0.4, 0.5) is 10.1 Å². The van der Waals surface area contributed by atoms with Gasteiger partial charge >= 0.3 is 0 Å². The predicted octanol–water partition coefficient (Wildman–Crippen LogP) is 2.80. The van der Waals surface area contributed by atoms with Gasteiger partial charge in [-0.25, -0.2) is 4.39 Å². The monoisotopic (exact) mass is 217 g/mol. The van der Waals surface area contributed by atoms with Gasteiger partial charge < -0.3 is 5.32 Å². The maximum atomic E-state index is 13.3. The highest BCUT2D eigenvalue weighted by Crippen LogP contribution is 2.19. The van der Waals surface area contributed by atoms with Gasteiger partial charge in [0.25, 0.3) is 0 Å². The summed E-state index contributed by atoms with van der Waals surface area (Å²) >= 11 is 0. The number of halogens is 1. The van der Waals surface area contributed by atoms with Crippen molar-refractivity contribution in [2.75, 3.05) is 5.32 Å². The molecule has 1 N–H and O–H groups in total. The van der Waals surface area contributed by atoms with E-state index in [9.17, 15) is 4.39 Å². The zero-order chi connectivity index (χ0) is 12.0. The Bertz CT molecular complexity index is 443. The molecular weight excluding hydrogens is 205 g/mol. The van der Waals surface area contributed by atoms with Gasteiger partial charge in [-0.1, -0.05) is 13.0 Å². The summed E-state index contributed by atoms with van der Waals surface area (Å²) in [5.41, 5.74) is 0.448. The van der Waals surface area contributed by atoms with Crippen molar-refractivity contribution in [3.05, 3.63) is 29.6 Å². The summed E-state index contributed by atoms with van der Waals surface area (Å²) in [6.07, 6.45) is 1.08. The van der Waals surface area contributed by atoms with E-state index in [1.165, 1.54) is 12.1 Å². The van der Waals surface area contributed by atoms with Crippen LogP contribution in [0.1, 0.15) is 25.3 Å². The molecule has 0 radical (unpaired) electrons. The summed E-state index contributed by atoms with van der Waals surface area (Å²) in [5, 5.41) is 20.4. The number of hydrogen-bond acceptors (Lipinski definition) is 3. The smallest absolute Gasteiger partial charge is 0.143 e. The summed E-state index contributed by atoms with van der Waals surface area (Å²) in [4.78, 5) is 0. The van der Waals surface area contributed by atoms with Crippen molar-refractivity contribution in [2.24, 2.45) is 0 Å². The van der Waals surface area contributed by atoms with E-state index in [0.29, 0.717) is 12.1 Å². The Morgan fingerprint density at radius 1 is 1.44 bits per heavy atom. The zero-order valence-corrected chi connectivity index (χ0v) is 9.00. The van der Waals surface area contributed by atoms with Gasteiger partial charge in [-0.15, -0.1) is 0 Å².